The first-order chi connectivity index (χ1) is 12.5. The number of ether oxygens (including phenoxy) is 1. The Morgan fingerprint density at radius 3 is 2.59 bits per heavy atom. The van der Waals surface area contributed by atoms with Crippen LogP contribution in [0.3, 0.4) is 0 Å². The molecule has 2 rings (SSSR count). The maximum Gasteiger partial charge on any atom is 0.416 e. The summed E-state index contributed by atoms with van der Waals surface area (Å²) < 4.78 is 78.8. The van der Waals surface area contributed by atoms with Crippen LogP contribution in [0.5, 0.6) is 0 Å². The Hall–Kier alpha value is -2.14. The van der Waals surface area contributed by atoms with Crippen LogP contribution in [0.4, 0.5) is 26.3 Å². The number of alkyl halides is 6. The first kappa shape index (κ1) is 21.2. The molecule has 0 bridgehead atoms. The maximum absolute atomic E-state index is 12.8. The van der Waals surface area contributed by atoms with Gasteiger partial charge in [0.05, 0.1) is 12.2 Å². The van der Waals surface area contributed by atoms with Gasteiger partial charge in [0.15, 0.2) is 0 Å². The zero-order valence-electron chi connectivity index (χ0n) is 13.8. The molecule has 11 heteroatoms. The number of carbonyl (C=O) groups excluding carboxylic acids is 1. The Kier molecular flexibility index (Phi) is 6.47. The normalized spacial score (nSPS) is 13.4. The van der Waals surface area contributed by atoms with Crippen molar-refractivity contribution in [2.24, 2.45) is 0 Å². The van der Waals surface area contributed by atoms with Crippen LogP contribution in [0.15, 0.2) is 29.6 Å². The lowest BCUT2D eigenvalue weighted by atomic mass is 10.1. The second-order valence-electron chi connectivity index (χ2n) is 5.62. The standard InChI is InChI=1S/C16H14F6N2O2S/c1-9(6-26-8-15(17,18)19)23-13(25)12-7-27-14(24-12)10-3-2-4-11(5-10)16(20,21)22/h2-5,7,9H,6,8H2,1H3,(H,23,25). The third kappa shape index (κ3) is 6.51. The molecule has 1 heterocycles. The molecule has 0 radical (unpaired) electrons. The topological polar surface area (TPSA) is 51.2 Å². The van der Waals surface area contributed by atoms with Crippen molar-refractivity contribution < 1.29 is 35.9 Å². The van der Waals surface area contributed by atoms with Crippen molar-refractivity contribution in [3.8, 4) is 10.6 Å². The van der Waals surface area contributed by atoms with E-state index < -0.39 is 36.5 Å². The third-order valence-corrected chi connectivity index (χ3v) is 4.08. The zero-order valence-corrected chi connectivity index (χ0v) is 14.6. The van der Waals surface area contributed by atoms with Crippen molar-refractivity contribution in [3.63, 3.8) is 0 Å². The molecular formula is C16H14F6N2O2S. The lowest BCUT2D eigenvalue weighted by molar-refractivity contribution is -0.174. The van der Waals surface area contributed by atoms with E-state index in [4.69, 9.17) is 0 Å². The van der Waals surface area contributed by atoms with Crippen molar-refractivity contribution in [1.29, 1.82) is 0 Å². The van der Waals surface area contributed by atoms with Gasteiger partial charge in [0.1, 0.15) is 17.3 Å². The molecule has 0 aliphatic heterocycles. The summed E-state index contributed by atoms with van der Waals surface area (Å²) in [6.45, 7) is -0.326. The molecule has 1 unspecified atom stereocenters. The highest BCUT2D eigenvalue weighted by molar-refractivity contribution is 7.13. The van der Waals surface area contributed by atoms with E-state index in [0.717, 1.165) is 23.5 Å². The summed E-state index contributed by atoms with van der Waals surface area (Å²) >= 11 is 0.979. The van der Waals surface area contributed by atoms with Gasteiger partial charge >= 0.3 is 12.4 Å². The Morgan fingerprint density at radius 1 is 1.26 bits per heavy atom. The molecule has 148 valence electrons. The summed E-state index contributed by atoms with van der Waals surface area (Å²) in [5.74, 6) is -0.660. The van der Waals surface area contributed by atoms with E-state index in [-0.39, 0.29) is 22.9 Å². The van der Waals surface area contributed by atoms with Crippen LogP contribution >= 0.6 is 11.3 Å². The monoisotopic (exact) mass is 412 g/mol. The number of amides is 1. The SMILES string of the molecule is CC(COCC(F)(F)F)NC(=O)c1csc(-c2cccc(C(F)(F)F)c2)n1. The molecule has 1 amide bonds. The molecule has 0 aliphatic carbocycles. The molecule has 4 nitrogen and oxygen atoms in total. The summed E-state index contributed by atoms with van der Waals surface area (Å²) in [6.07, 6.45) is -8.96. The summed E-state index contributed by atoms with van der Waals surface area (Å²) in [4.78, 5) is 16.1. The molecule has 0 aliphatic rings. The molecule has 1 atom stereocenters. The number of aromatic nitrogens is 1. The molecule has 0 saturated carbocycles. The Bertz CT molecular complexity index is 788. The average molecular weight is 412 g/mol. The highest BCUT2D eigenvalue weighted by Gasteiger charge is 2.31. The average Bonchev–Trinajstić information content (AvgIpc) is 3.03. The lowest BCUT2D eigenvalue weighted by Crippen LogP contribution is -2.37. The number of nitrogens with zero attached hydrogens (tertiary/aromatic N) is 1. The van der Waals surface area contributed by atoms with E-state index in [2.05, 4.69) is 15.0 Å². The first-order valence-electron chi connectivity index (χ1n) is 7.54. The van der Waals surface area contributed by atoms with Crippen molar-refractivity contribution in [1.82, 2.24) is 10.3 Å². The highest BCUT2D eigenvalue weighted by atomic mass is 32.1. The predicted octanol–water partition coefficient (Wildman–Crippen LogP) is 4.53. The number of benzene rings is 1. The van der Waals surface area contributed by atoms with E-state index in [9.17, 15) is 31.1 Å². The van der Waals surface area contributed by atoms with Crippen LogP contribution < -0.4 is 5.32 Å². The minimum Gasteiger partial charge on any atom is -0.370 e. The first-order valence-corrected chi connectivity index (χ1v) is 8.42. The van der Waals surface area contributed by atoms with Gasteiger partial charge in [0, 0.05) is 17.0 Å². The van der Waals surface area contributed by atoms with Crippen LogP contribution in [0, 0.1) is 0 Å². The zero-order chi connectivity index (χ0) is 20.2. The van der Waals surface area contributed by atoms with Gasteiger partial charge in [-0.15, -0.1) is 11.3 Å². The van der Waals surface area contributed by atoms with E-state index in [1.54, 1.807) is 0 Å². The van der Waals surface area contributed by atoms with Gasteiger partial charge in [-0.05, 0) is 19.1 Å². The highest BCUT2D eigenvalue weighted by Crippen LogP contribution is 2.33. The second-order valence-corrected chi connectivity index (χ2v) is 6.48. The number of carbonyl (C=O) groups is 1. The van der Waals surface area contributed by atoms with Crippen molar-refractivity contribution in [3.05, 3.63) is 40.9 Å². The van der Waals surface area contributed by atoms with Gasteiger partial charge in [0.2, 0.25) is 0 Å². The van der Waals surface area contributed by atoms with Crippen molar-refractivity contribution in [2.45, 2.75) is 25.3 Å². The van der Waals surface area contributed by atoms with Crippen molar-refractivity contribution in [2.75, 3.05) is 13.2 Å². The van der Waals surface area contributed by atoms with E-state index in [1.807, 2.05) is 0 Å². The lowest BCUT2D eigenvalue weighted by Gasteiger charge is -2.14. The van der Waals surface area contributed by atoms with Gasteiger partial charge in [-0.2, -0.15) is 26.3 Å². The Labute approximate surface area is 154 Å². The number of rotatable bonds is 6. The van der Waals surface area contributed by atoms with Crippen LogP contribution in [-0.2, 0) is 10.9 Å². The quantitative estimate of drug-likeness (QED) is 0.710. The van der Waals surface area contributed by atoms with E-state index in [0.29, 0.717) is 0 Å². The van der Waals surface area contributed by atoms with Crippen LogP contribution in [0.25, 0.3) is 10.6 Å². The number of thiazole rings is 1. The third-order valence-electron chi connectivity index (χ3n) is 3.18. The Morgan fingerprint density at radius 2 is 1.96 bits per heavy atom. The molecule has 0 saturated heterocycles. The smallest absolute Gasteiger partial charge is 0.370 e. The predicted molar refractivity (Wildman–Crippen MR) is 86.4 cm³/mol. The van der Waals surface area contributed by atoms with Crippen molar-refractivity contribution >= 4 is 17.2 Å². The van der Waals surface area contributed by atoms with Gasteiger partial charge < -0.3 is 10.1 Å². The summed E-state index contributed by atoms with van der Waals surface area (Å²) in [6, 6.07) is 3.81. The molecule has 27 heavy (non-hydrogen) atoms. The maximum atomic E-state index is 12.8. The molecular weight excluding hydrogens is 398 g/mol. The minimum atomic E-state index is -4.50. The molecule has 1 aromatic carbocycles. The number of hydrogen-bond donors (Lipinski definition) is 1. The fourth-order valence-electron chi connectivity index (χ4n) is 2.03. The largest absolute Gasteiger partial charge is 0.416 e. The number of nitrogens with one attached hydrogen (secondary N) is 1. The van der Waals surface area contributed by atoms with Crippen LogP contribution in [0.1, 0.15) is 23.0 Å². The van der Waals surface area contributed by atoms with Crippen LogP contribution in [0.2, 0.25) is 0 Å². The van der Waals surface area contributed by atoms with E-state index >= 15 is 0 Å². The molecule has 1 aromatic heterocycles. The van der Waals surface area contributed by atoms with Gasteiger partial charge in [0.25, 0.3) is 5.91 Å². The Balaban J connectivity index is 2.00. The number of halogens is 6. The summed E-state index contributed by atoms with van der Waals surface area (Å²) in [5.41, 5.74) is -0.679. The fraction of sp³-hybridized carbons (Fsp3) is 0.375. The van der Waals surface area contributed by atoms with E-state index in [1.165, 1.54) is 24.4 Å². The fourth-order valence-corrected chi connectivity index (χ4v) is 2.83. The number of hydrogen-bond acceptors (Lipinski definition) is 4. The van der Waals surface area contributed by atoms with Gasteiger partial charge in [-0.3, -0.25) is 4.79 Å². The van der Waals surface area contributed by atoms with Gasteiger partial charge in [-0.1, -0.05) is 12.1 Å². The summed E-state index contributed by atoms with van der Waals surface area (Å²) in [5, 5.41) is 3.99. The second kappa shape index (κ2) is 8.26. The van der Waals surface area contributed by atoms with Gasteiger partial charge in [-0.25, -0.2) is 4.98 Å². The summed E-state index contributed by atoms with van der Waals surface area (Å²) in [7, 11) is 0. The molecule has 2 aromatic rings. The molecule has 0 fully saturated rings. The van der Waals surface area contributed by atoms with Crippen LogP contribution in [-0.4, -0.2) is 36.3 Å². The molecule has 0 spiro atoms. The minimum absolute atomic E-state index is 0.0462. The molecule has 1 N–H and O–H groups in total.